The molecular weight excluding hydrogens is 240 g/mol. The molecule has 0 bridgehead atoms. The van der Waals surface area contributed by atoms with Crippen molar-refractivity contribution in [3.8, 4) is 0 Å². The second-order valence-corrected chi connectivity index (χ2v) is 7.29. The van der Waals surface area contributed by atoms with Crippen molar-refractivity contribution in [1.82, 2.24) is 4.90 Å². The van der Waals surface area contributed by atoms with Crippen LogP contribution in [0.3, 0.4) is 0 Å². The Morgan fingerprint density at radius 2 is 1.84 bits per heavy atom. The number of ether oxygens (including phenoxy) is 2. The first kappa shape index (κ1) is 15.2. The minimum absolute atomic E-state index is 0.216. The van der Waals surface area contributed by atoms with E-state index in [-0.39, 0.29) is 17.2 Å². The molecule has 19 heavy (non-hydrogen) atoms. The number of likely N-dealkylation sites (N-methyl/N-ethyl adjacent to an activating group) is 1. The highest BCUT2D eigenvalue weighted by Gasteiger charge is 2.46. The van der Waals surface area contributed by atoms with Crippen molar-refractivity contribution < 1.29 is 9.47 Å². The fourth-order valence-corrected chi connectivity index (χ4v) is 3.25. The molecule has 2 rings (SSSR count). The lowest BCUT2D eigenvalue weighted by Crippen LogP contribution is -2.58. The summed E-state index contributed by atoms with van der Waals surface area (Å²) < 4.78 is 11.7. The van der Waals surface area contributed by atoms with E-state index in [4.69, 9.17) is 15.2 Å². The van der Waals surface area contributed by atoms with Crippen molar-refractivity contribution in [3.63, 3.8) is 0 Å². The first-order chi connectivity index (χ1) is 8.75. The minimum atomic E-state index is -0.355. The van der Waals surface area contributed by atoms with E-state index >= 15 is 0 Å². The van der Waals surface area contributed by atoms with Gasteiger partial charge in [0.15, 0.2) is 5.79 Å². The van der Waals surface area contributed by atoms with E-state index < -0.39 is 0 Å². The largest absolute Gasteiger partial charge is 0.347 e. The molecule has 0 amide bonds. The Morgan fingerprint density at radius 3 is 2.37 bits per heavy atom. The summed E-state index contributed by atoms with van der Waals surface area (Å²) in [5, 5.41) is 0. The predicted molar refractivity (Wildman–Crippen MR) is 76.9 cm³/mol. The summed E-state index contributed by atoms with van der Waals surface area (Å²) in [6.45, 7) is 10.6. The maximum absolute atomic E-state index is 6.36. The topological polar surface area (TPSA) is 47.7 Å². The monoisotopic (exact) mass is 270 g/mol. The lowest BCUT2D eigenvalue weighted by molar-refractivity contribution is -0.193. The average molecular weight is 270 g/mol. The first-order valence-electron chi connectivity index (χ1n) is 7.51. The van der Waals surface area contributed by atoms with Gasteiger partial charge in [0.1, 0.15) is 0 Å². The molecule has 1 aliphatic heterocycles. The van der Waals surface area contributed by atoms with Gasteiger partial charge in [-0.2, -0.15) is 0 Å². The van der Waals surface area contributed by atoms with Crippen molar-refractivity contribution in [3.05, 3.63) is 0 Å². The Labute approximate surface area is 117 Å². The molecule has 1 saturated carbocycles. The van der Waals surface area contributed by atoms with Crippen LogP contribution in [0.15, 0.2) is 0 Å². The van der Waals surface area contributed by atoms with Crippen molar-refractivity contribution in [1.29, 1.82) is 0 Å². The van der Waals surface area contributed by atoms with E-state index in [1.165, 1.54) is 0 Å². The molecule has 4 heteroatoms. The van der Waals surface area contributed by atoms with Crippen LogP contribution >= 0.6 is 0 Å². The molecule has 2 aliphatic rings. The fourth-order valence-electron chi connectivity index (χ4n) is 3.25. The Kier molecular flexibility index (Phi) is 4.26. The summed E-state index contributed by atoms with van der Waals surface area (Å²) >= 11 is 0. The Balaban J connectivity index is 2.08. The van der Waals surface area contributed by atoms with E-state index in [1.807, 2.05) is 0 Å². The predicted octanol–water partition coefficient (Wildman–Crippen LogP) is 1.98. The van der Waals surface area contributed by atoms with Gasteiger partial charge in [-0.15, -0.1) is 0 Å². The van der Waals surface area contributed by atoms with Crippen LogP contribution in [-0.2, 0) is 9.47 Å². The number of nitrogens with two attached hydrogens (primary N) is 1. The van der Waals surface area contributed by atoms with Crippen LogP contribution in [0.2, 0.25) is 0 Å². The van der Waals surface area contributed by atoms with Crippen LogP contribution in [0, 0.1) is 5.41 Å². The van der Waals surface area contributed by atoms with Crippen molar-refractivity contribution in [2.45, 2.75) is 70.9 Å². The number of nitrogens with zero attached hydrogens (tertiary/aromatic N) is 1. The maximum atomic E-state index is 6.36. The van der Waals surface area contributed by atoms with Gasteiger partial charge < -0.3 is 15.2 Å². The lowest BCUT2D eigenvalue weighted by atomic mass is 9.81. The van der Waals surface area contributed by atoms with Crippen LogP contribution in [0.5, 0.6) is 0 Å². The normalized spacial score (nSPS) is 33.0. The molecule has 2 N–H and O–H groups in total. The van der Waals surface area contributed by atoms with Gasteiger partial charge in [-0.25, -0.2) is 0 Å². The van der Waals surface area contributed by atoms with Gasteiger partial charge in [0.2, 0.25) is 0 Å². The second-order valence-electron chi connectivity index (χ2n) is 7.29. The Bertz CT molecular complexity index is 308. The molecule has 1 aliphatic carbocycles. The van der Waals surface area contributed by atoms with Crippen LogP contribution in [0.25, 0.3) is 0 Å². The SMILES string of the molecule is CC(N(C)C1CC2(CCC1N)OCCO2)C(C)(C)C. The van der Waals surface area contributed by atoms with Crippen LogP contribution in [-0.4, -0.2) is 49.1 Å². The second kappa shape index (κ2) is 5.32. The number of hydrogen-bond donors (Lipinski definition) is 1. The van der Waals surface area contributed by atoms with E-state index in [1.54, 1.807) is 0 Å². The molecule has 0 radical (unpaired) electrons. The third-order valence-corrected chi connectivity index (χ3v) is 5.07. The lowest BCUT2D eigenvalue weighted by Gasteiger charge is -2.47. The van der Waals surface area contributed by atoms with Gasteiger partial charge in [-0.1, -0.05) is 20.8 Å². The van der Waals surface area contributed by atoms with Crippen LogP contribution in [0.4, 0.5) is 0 Å². The summed E-state index contributed by atoms with van der Waals surface area (Å²) in [5.74, 6) is -0.355. The summed E-state index contributed by atoms with van der Waals surface area (Å²) in [6.07, 6.45) is 2.80. The zero-order valence-corrected chi connectivity index (χ0v) is 13.1. The molecule has 1 saturated heterocycles. The van der Waals surface area contributed by atoms with E-state index in [0.717, 1.165) is 32.5 Å². The highest BCUT2D eigenvalue weighted by Crippen LogP contribution is 2.38. The van der Waals surface area contributed by atoms with Gasteiger partial charge >= 0.3 is 0 Å². The molecule has 112 valence electrons. The Morgan fingerprint density at radius 1 is 1.26 bits per heavy atom. The molecule has 4 nitrogen and oxygen atoms in total. The van der Waals surface area contributed by atoms with Crippen LogP contribution in [0.1, 0.15) is 47.0 Å². The van der Waals surface area contributed by atoms with Gasteiger partial charge in [0.05, 0.1) is 13.2 Å². The van der Waals surface area contributed by atoms with Gasteiger partial charge in [-0.05, 0) is 25.8 Å². The van der Waals surface area contributed by atoms with Crippen molar-refractivity contribution in [2.24, 2.45) is 11.1 Å². The molecule has 0 aromatic carbocycles. The van der Waals surface area contributed by atoms with Crippen molar-refractivity contribution in [2.75, 3.05) is 20.3 Å². The van der Waals surface area contributed by atoms with Gasteiger partial charge in [0, 0.05) is 31.0 Å². The summed E-state index contributed by atoms with van der Waals surface area (Å²) in [4.78, 5) is 2.43. The quantitative estimate of drug-likeness (QED) is 0.833. The highest BCUT2D eigenvalue weighted by atomic mass is 16.7. The zero-order valence-electron chi connectivity index (χ0n) is 13.1. The third kappa shape index (κ3) is 3.13. The molecule has 3 unspecified atom stereocenters. The van der Waals surface area contributed by atoms with Crippen LogP contribution < -0.4 is 5.73 Å². The van der Waals surface area contributed by atoms with E-state index in [9.17, 15) is 0 Å². The highest BCUT2D eigenvalue weighted by molar-refractivity contribution is 4.96. The smallest absolute Gasteiger partial charge is 0.170 e. The first-order valence-corrected chi connectivity index (χ1v) is 7.51. The molecular formula is C15H30N2O2. The number of hydrogen-bond acceptors (Lipinski definition) is 4. The summed E-state index contributed by atoms with van der Waals surface area (Å²) in [5.41, 5.74) is 6.61. The van der Waals surface area contributed by atoms with Crippen molar-refractivity contribution >= 4 is 0 Å². The minimum Gasteiger partial charge on any atom is -0.347 e. The number of rotatable bonds is 2. The standard InChI is InChI=1S/C15H30N2O2/c1-11(14(2,3)4)17(5)13-10-15(7-6-12(13)16)18-8-9-19-15/h11-13H,6-10,16H2,1-5H3. The fraction of sp³-hybridized carbons (Fsp3) is 1.00. The molecule has 1 spiro atoms. The summed E-state index contributed by atoms with van der Waals surface area (Å²) in [6, 6.07) is 1.02. The molecule has 0 aromatic rings. The van der Waals surface area contributed by atoms with E-state index in [0.29, 0.717) is 12.1 Å². The molecule has 3 atom stereocenters. The summed E-state index contributed by atoms with van der Waals surface area (Å²) in [7, 11) is 2.19. The molecule has 2 fully saturated rings. The van der Waals surface area contributed by atoms with E-state index in [2.05, 4.69) is 39.6 Å². The van der Waals surface area contributed by atoms with Gasteiger partial charge in [-0.3, -0.25) is 4.90 Å². The molecule has 1 heterocycles. The maximum Gasteiger partial charge on any atom is 0.170 e. The molecule has 0 aromatic heterocycles. The third-order valence-electron chi connectivity index (χ3n) is 5.07. The van der Waals surface area contributed by atoms with Gasteiger partial charge in [0.25, 0.3) is 0 Å². The zero-order chi connectivity index (χ0) is 14.3. The Hall–Kier alpha value is -0.160. The average Bonchev–Trinajstić information content (AvgIpc) is 2.78.